The molecule has 5 heteroatoms. The van der Waals surface area contributed by atoms with Gasteiger partial charge < -0.3 is 16.0 Å². The van der Waals surface area contributed by atoms with E-state index in [0.29, 0.717) is 11.1 Å². The summed E-state index contributed by atoms with van der Waals surface area (Å²) in [5.41, 5.74) is 7.64. The van der Waals surface area contributed by atoms with Gasteiger partial charge in [0.1, 0.15) is 11.5 Å². The quantitative estimate of drug-likeness (QED) is 0.755. The maximum atomic E-state index is 12.0. The van der Waals surface area contributed by atoms with E-state index in [9.17, 15) is 4.79 Å². The van der Waals surface area contributed by atoms with Crippen LogP contribution in [0.5, 0.6) is 0 Å². The Labute approximate surface area is 155 Å². The third-order valence-corrected chi connectivity index (χ3v) is 7.74. The summed E-state index contributed by atoms with van der Waals surface area (Å²) in [4.78, 5) is 20.1. The molecule has 4 saturated carbocycles. The Balaban J connectivity index is 1.33. The fraction of sp³-hybridized carbons (Fsp3) is 0.810. The highest BCUT2D eigenvalue weighted by molar-refractivity contribution is 5.92. The molecule has 5 fully saturated rings. The zero-order chi connectivity index (χ0) is 17.7. The van der Waals surface area contributed by atoms with Gasteiger partial charge >= 0.3 is 0 Å². The number of carbonyl (C=O) groups is 1. The summed E-state index contributed by atoms with van der Waals surface area (Å²) in [7, 11) is 0. The molecule has 4 N–H and O–H groups in total. The Bertz CT molecular complexity index is 653. The lowest BCUT2D eigenvalue weighted by Gasteiger charge is -2.57. The predicted octanol–water partition coefficient (Wildman–Crippen LogP) is 3.47. The maximum Gasteiger partial charge on any atom is 0.269 e. The number of aromatic amines is 1. The van der Waals surface area contributed by atoms with E-state index in [1.807, 2.05) is 0 Å². The minimum Gasteiger partial charge on any atom is -0.364 e. The van der Waals surface area contributed by atoms with Crippen LogP contribution in [0, 0.1) is 23.2 Å². The summed E-state index contributed by atoms with van der Waals surface area (Å²) >= 11 is 0. The van der Waals surface area contributed by atoms with Crippen molar-refractivity contribution >= 4 is 5.91 Å². The molecule has 1 saturated heterocycles. The number of primary amides is 1. The molecule has 5 aliphatic rings. The minimum absolute atomic E-state index is 0.246. The number of nitrogens with zero attached hydrogens (tertiary/aromatic N) is 1. The van der Waals surface area contributed by atoms with Crippen molar-refractivity contribution in [2.75, 3.05) is 6.54 Å². The van der Waals surface area contributed by atoms with Gasteiger partial charge in [0.15, 0.2) is 0 Å². The first-order chi connectivity index (χ1) is 12.6. The van der Waals surface area contributed by atoms with Crippen molar-refractivity contribution in [3.8, 4) is 0 Å². The highest BCUT2D eigenvalue weighted by Gasteiger charge is 2.50. The third-order valence-electron chi connectivity index (χ3n) is 7.74. The number of hydrogen-bond acceptors (Lipinski definition) is 3. The van der Waals surface area contributed by atoms with Crippen LogP contribution in [0.25, 0.3) is 0 Å². The molecule has 4 aliphatic carbocycles. The molecule has 5 nitrogen and oxygen atoms in total. The van der Waals surface area contributed by atoms with Gasteiger partial charge in [-0.3, -0.25) is 4.79 Å². The van der Waals surface area contributed by atoms with Crippen LogP contribution in [-0.4, -0.2) is 22.4 Å². The second kappa shape index (κ2) is 6.36. The SMILES string of the molecule is NC(=O)c1nc(C2CCCCN2)[nH]c1CCC12CC3CC(CC(C3)C1)C2. The molecule has 0 radical (unpaired) electrons. The first-order valence-corrected chi connectivity index (χ1v) is 10.7. The molecule has 4 bridgehead atoms. The van der Waals surface area contributed by atoms with Crippen LogP contribution in [0.4, 0.5) is 0 Å². The summed E-state index contributed by atoms with van der Waals surface area (Å²) in [6.45, 7) is 1.03. The van der Waals surface area contributed by atoms with Crippen molar-refractivity contribution in [2.45, 2.75) is 76.7 Å². The smallest absolute Gasteiger partial charge is 0.269 e. The van der Waals surface area contributed by atoms with Crippen LogP contribution >= 0.6 is 0 Å². The topological polar surface area (TPSA) is 83.8 Å². The van der Waals surface area contributed by atoms with E-state index in [0.717, 1.165) is 48.7 Å². The van der Waals surface area contributed by atoms with Crippen LogP contribution < -0.4 is 11.1 Å². The summed E-state index contributed by atoms with van der Waals surface area (Å²) in [6.07, 6.45) is 14.3. The maximum absolute atomic E-state index is 12.0. The number of imidazole rings is 1. The monoisotopic (exact) mass is 356 g/mol. The Morgan fingerprint density at radius 1 is 1.12 bits per heavy atom. The van der Waals surface area contributed by atoms with Crippen LogP contribution in [-0.2, 0) is 6.42 Å². The van der Waals surface area contributed by atoms with E-state index in [1.54, 1.807) is 0 Å². The van der Waals surface area contributed by atoms with Crippen LogP contribution in [0.1, 0.15) is 92.3 Å². The number of aryl methyl sites for hydroxylation is 1. The normalized spacial score (nSPS) is 38.6. The van der Waals surface area contributed by atoms with E-state index in [4.69, 9.17) is 5.73 Å². The Morgan fingerprint density at radius 3 is 2.38 bits per heavy atom. The first-order valence-electron chi connectivity index (χ1n) is 10.7. The van der Waals surface area contributed by atoms with E-state index in [2.05, 4.69) is 15.3 Å². The molecule has 142 valence electrons. The highest BCUT2D eigenvalue weighted by Crippen LogP contribution is 2.61. The standard InChI is InChI=1S/C21H32N4O/c22-19(26)18-16(24-20(25-18)17-3-1-2-6-23-17)4-5-21-10-13-7-14(11-21)9-15(8-13)12-21/h13-15,17,23H,1-12H2,(H2,22,26)(H,24,25). The van der Waals surface area contributed by atoms with E-state index >= 15 is 0 Å². The number of piperidine rings is 1. The van der Waals surface area contributed by atoms with Crippen molar-refractivity contribution in [1.82, 2.24) is 15.3 Å². The average molecular weight is 357 g/mol. The van der Waals surface area contributed by atoms with Crippen molar-refractivity contribution in [1.29, 1.82) is 0 Å². The van der Waals surface area contributed by atoms with Gasteiger partial charge in [0.25, 0.3) is 5.91 Å². The van der Waals surface area contributed by atoms with Crippen LogP contribution in [0.2, 0.25) is 0 Å². The highest BCUT2D eigenvalue weighted by atomic mass is 16.1. The van der Waals surface area contributed by atoms with Gasteiger partial charge in [0, 0.05) is 5.69 Å². The molecule has 1 aliphatic heterocycles. The van der Waals surface area contributed by atoms with Gasteiger partial charge in [-0.15, -0.1) is 0 Å². The number of H-pyrrole nitrogens is 1. The fourth-order valence-corrected chi connectivity index (χ4v) is 7.05. The van der Waals surface area contributed by atoms with Crippen LogP contribution in [0.15, 0.2) is 0 Å². The molecule has 1 unspecified atom stereocenters. The first kappa shape index (κ1) is 16.8. The molecular weight excluding hydrogens is 324 g/mol. The van der Waals surface area contributed by atoms with Crippen molar-refractivity contribution in [2.24, 2.45) is 28.9 Å². The fourth-order valence-electron chi connectivity index (χ4n) is 7.05. The van der Waals surface area contributed by atoms with E-state index in [-0.39, 0.29) is 11.9 Å². The van der Waals surface area contributed by atoms with Gasteiger partial charge in [-0.1, -0.05) is 6.42 Å². The summed E-state index contributed by atoms with van der Waals surface area (Å²) < 4.78 is 0. The number of hydrogen-bond donors (Lipinski definition) is 3. The zero-order valence-corrected chi connectivity index (χ0v) is 15.7. The second-order valence-electron chi connectivity index (χ2n) is 9.73. The van der Waals surface area contributed by atoms with E-state index < -0.39 is 0 Å². The van der Waals surface area contributed by atoms with Gasteiger partial charge in [0.2, 0.25) is 0 Å². The van der Waals surface area contributed by atoms with Crippen LogP contribution in [0.3, 0.4) is 0 Å². The number of rotatable bonds is 5. The molecule has 1 amide bonds. The zero-order valence-electron chi connectivity index (χ0n) is 15.7. The largest absolute Gasteiger partial charge is 0.364 e. The predicted molar refractivity (Wildman–Crippen MR) is 101 cm³/mol. The number of nitrogens with two attached hydrogens (primary N) is 1. The molecule has 0 aromatic carbocycles. The lowest BCUT2D eigenvalue weighted by atomic mass is 9.48. The third kappa shape index (κ3) is 2.98. The molecule has 26 heavy (non-hydrogen) atoms. The number of nitrogens with one attached hydrogen (secondary N) is 2. The number of amides is 1. The van der Waals surface area contributed by atoms with Gasteiger partial charge in [-0.2, -0.15) is 0 Å². The Morgan fingerprint density at radius 2 is 1.81 bits per heavy atom. The average Bonchev–Trinajstić information content (AvgIpc) is 3.04. The molecule has 2 heterocycles. The van der Waals surface area contributed by atoms with Gasteiger partial charge in [-0.25, -0.2) is 4.98 Å². The summed E-state index contributed by atoms with van der Waals surface area (Å²) in [5.74, 6) is 3.45. The Kier molecular flexibility index (Phi) is 4.11. The number of aromatic nitrogens is 2. The molecule has 1 aromatic heterocycles. The molecular formula is C21H32N4O. The molecule has 6 rings (SSSR count). The van der Waals surface area contributed by atoms with Gasteiger partial charge in [0.05, 0.1) is 6.04 Å². The summed E-state index contributed by atoms with van der Waals surface area (Å²) in [6, 6.07) is 0.246. The molecule has 0 spiro atoms. The van der Waals surface area contributed by atoms with Crippen molar-refractivity contribution in [3.05, 3.63) is 17.2 Å². The Hall–Kier alpha value is -1.36. The van der Waals surface area contributed by atoms with Crippen molar-refractivity contribution in [3.63, 3.8) is 0 Å². The van der Waals surface area contributed by atoms with E-state index in [1.165, 1.54) is 57.8 Å². The lowest BCUT2D eigenvalue weighted by Crippen LogP contribution is -2.46. The van der Waals surface area contributed by atoms with Gasteiger partial charge in [-0.05, 0) is 93.9 Å². The minimum atomic E-state index is -0.385. The molecule has 1 atom stereocenters. The molecule has 1 aromatic rings. The summed E-state index contributed by atoms with van der Waals surface area (Å²) in [5, 5.41) is 3.52. The second-order valence-corrected chi connectivity index (χ2v) is 9.73. The number of carbonyl (C=O) groups excluding carboxylic acids is 1. The van der Waals surface area contributed by atoms with Crippen molar-refractivity contribution < 1.29 is 4.79 Å². The lowest BCUT2D eigenvalue weighted by molar-refractivity contribution is -0.0570.